The van der Waals surface area contributed by atoms with Gasteiger partial charge in [-0.05, 0) is 86.1 Å². The Balaban J connectivity index is 1.36. The molecule has 2 aliphatic carbocycles. The third-order valence-corrected chi connectivity index (χ3v) is 7.54. The molecule has 0 bridgehead atoms. The SMILES string of the molecule is COc1ccc(N(Cc2cccnc2)c2ccc(OCCC3CCCC3)cc2)cc1OC1CCCC1. The minimum absolute atomic E-state index is 0.265. The molecule has 2 aliphatic rings. The lowest BCUT2D eigenvalue weighted by Gasteiger charge is -2.27. The Labute approximate surface area is 215 Å². The monoisotopic (exact) mass is 486 g/mol. The molecule has 0 atom stereocenters. The average molecular weight is 487 g/mol. The summed E-state index contributed by atoms with van der Waals surface area (Å²) in [5.74, 6) is 3.36. The van der Waals surface area contributed by atoms with Crippen LogP contribution >= 0.6 is 0 Å². The van der Waals surface area contributed by atoms with Crippen LogP contribution < -0.4 is 19.1 Å². The Morgan fingerprint density at radius 1 is 0.861 bits per heavy atom. The van der Waals surface area contributed by atoms with E-state index >= 15 is 0 Å². The number of hydrogen-bond donors (Lipinski definition) is 0. The summed E-state index contributed by atoms with van der Waals surface area (Å²) in [5, 5.41) is 0. The highest BCUT2D eigenvalue weighted by Crippen LogP contribution is 2.38. The molecule has 0 aliphatic heterocycles. The van der Waals surface area contributed by atoms with Crippen LogP contribution in [0.2, 0.25) is 0 Å². The van der Waals surface area contributed by atoms with Crippen LogP contribution in [0.5, 0.6) is 17.2 Å². The Morgan fingerprint density at radius 3 is 2.33 bits per heavy atom. The number of nitrogens with zero attached hydrogens (tertiary/aromatic N) is 2. The molecular formula is C31H38N2O3. The maximum atomic E-state index is 6.40. The van der Waals surface area contributed by atoms with Gasteiger partial charge >= 0.3 is 0 Å². The van der Waals surface area contributed by atoms with Crippen molar-refractivity contribution in [1.29, 1.82) is 0 Å². The van der Waals surface area contributed by atoms with Crippen molar-refractivity contribution in [2.45, 2.75) is 70.4 Å². The largest absolute Gasteiger partial charge is 0.494 e. The van der Waals surface area contributed by atoms with Gasteiger partial charge in [0.15, 0.2) is 11.5 Å². The summed E-state index contributed by atoms with van der Waals surface area (Å²) in [7, 11) is 1.70. The van der Waals surface area contributed by atoms with Crippen molar-refractivity contribution in [3.05, 3.63) is 72.6 Å². The number of methoxy groups -OCH3 is 1. The second kappa shape index (κ2) is 12.2. The summed E-state index contributed by atoms with van der Waals surface area (Å²) < 4.78 is 18.1. The Hall–Kier alpha value is -3.21. The van der Waals surface area contributed by atoms with Crippen LogP contribution in [-0.2, 0) is 6.54 Å². The van der Waals surface area contributed by atoms with Gasteiger partial charge in [-0.1, -0.05) is 31.7 Å². The molecule has 1 aromatic heterocycles. The van der Waals surface area contributed by atoms with E-state index in [0.717, 1.165) is 66.0 Å². The number of pyridine rings is 1. The number of rotatable bonds is 11. The van der Waals surface area contributed by atoms with Gasteiger partial charge in [-0.3, -0.25) is 4.98 Å². The number of aromatic nitrogens is 1. The molecule has 0 unspecified atom stereocenters. The van der Waals surface area contributed by atoms with Gasteiger partial charge in [-0.15, -0.1) is 0 Å². The summed E-state index contributed by atoms with van der Waals surface area (Å²) in [4.78, 5) is 6.62. The molecule has 0 saturated heterocycles. The zero-order valence-electron chi connectivity index (χ0n) is 21.4. The highest BCUT2D eigenvalue weighted by Gasteiger charge is 2.20. The summed E-state index contributed by atoms with van der Waals surface area (Å²) >= 11 is 0. The van der Waals surface area contributed by atoms with Crippen molar-refractivity contribution >= 4 is 11.4 Å². The summed E-state index contributed by atoms with van der Waals surface area (Å²) in [5.41, 5.74) is 3.30. The van der Waals surface area contributed by atoms with Crippen molar-refractivity contribution in [3.63, 3.8) is 0 Å². The van der Waals surface area contributed by atoms with E-state index in [9.17, 15) is 0 Å². The van der Waals surface area contributed by atoms with Crippen molar-refractivity contribution in [3.8, 4) is 17.2 Å². The predicted octanol–water partition coefficient (Wildman–Crippen LogP) is 7.71. The summed E-state index contributed by atoms with van der Waals surface area (Å²) in [6.45, 7) is 1.49. The van der Waals surface area contributed by atoms with E-state index in [0.29, 0.717) is 6.54 Å². The minimum Gasteiger partial charge on any atom is -0.494 e. The topological polar surface area (TPSA) is 43.8 Å². The summed E-state index contributed by atoms with van der Waals surface area (Å²) in [6.07, 6.45) is 15.3. The third kappa shape index (κ3) is 6.31. The molecule has 2 aromatic carbocycles. The van der Waals surface area contributed by atoms with Gasteiger partial charge in [0.05, 0.1) is 19.8 Å². The smallest absolute Gasteiger partial charge is 0.163 e. The molecule has 2 saturated carbocycles. The quantitative estimate of drug-likeness (QED) is 0.278. The molecule has 0 amide bonds. The van der Waals surface area contributed by atoms with Gasteiger partial charge < -0.3 is 19.1 Å². The molecule has 5 rings (SSSR count). The fourth-order valence-corrected chi connectivity index (χ4v) is 5.48. The molecule has 0 N–H and O–H groups in total. The Kier molecular flexibility index (Phi) is 8.27. The zero-order chi connectivity index (χ0) is 24.6. The molecule has 1 heterocycles. The van der Waals surface area contributed by atoms with E-state index < -0.39 is 0 Å². The van der Waals surface area contributed by atoms with Crippen LogP contribution in [0.15, 0.2) is 67.0 Å². The first-order chi connectivity index (χ1) is 17.8. The minimum atomic E-state index is 0.265. The van der Waals surface area contributed by atoms with Gasteiger partial charge in [-0.25, -0.2) is 0 Å². The number of ether oxygens (including phenoxy) is 3. The first-order valence-electron chi connectivity index (χ1n) is 13.5. The van der Waals surface area contributed by atoms with Crippen molar-refractivity contribution in [1.82, 2.24) is 4.98 Å². The fraction of sp³-hybridized carbons (Fsp3) is 0.452. The molecule has 0 radical (unpaired) electrons. The zero-order valence-corrected chi connectivity index (χ0v) is 21.4. The second-order valence-corrected chi connectivity index (χ2v) is 10.1. The van der Waals surface area contributed by atoms with Gasteiger partial charge in [0.25, 0.3) is 0 Å². The van der Waals surface area contributed by atoms with E-state index in [1.165, 1.54) is 38.5 Å². The maximum Gasteiger partial charge on any atom is 0.163 e. The standard InChI is InChI=1S/C31H38N2O3/c1-34-30-17-14-27(21-31(30)36-29-10-4-5-11-29)33(23-25-9-6-19-32-22-25)26-12-15-28(16-13-26)35-20-18-24-7-2-3-8-24/h6,9,12-17,19,21-22,24,29H,2-5,7-8,10-11,18,20,23H2,1H3. The highest BCUT2D eigenvalue weighted by atomic mass is 16.5. The van der Waals surface area contributed by atoms with Crippen LogP contribution in [0.3, 0.4) is 0 Å². The number of benzene rings is 2. The van der Waals surface area contributed by atoms with Crippen LogP contribution in [0.25, 0.3) is 0 Å². The third-order valence-electron chi connectivity index (χ3n) is 7.54. The Bertz CT molecular complexity index is 1070. The van der Waals surface area contributed by atoms with Crippen molar-refractivity contribution < 1.29 is 14.2 Å². The van der Waals surface area contributed by atoms with Crippen LogP contribution in [0, 0.1) is 5.92 Å². The molecule has 5 nitrogen and oxygen atoms in total. The second-order valence-electron chi connectivity index (χ2n) is 10.1. The maximum absolute atomic E-state index is 6.40. The molecule has 5 heteroatoms. The normalized spacial score (nSPS) is 16.2. The molecular weight excluding hydrogens is 448 g/mol. The van der Waals surface area contributed by atoms with Crippen LogP contribution in [0.4, 0.5) is 11.4 Å². The first kappa shape index (κ1) is 24.5. The van der Waals surface area contributed by atoms with Gasteiger partial charge in [0.1, 0.15) is 5.75 Å². The lowest BCUT2D eigenvalue weighted by Crippen LogP contribution is -2.17. The van der Waals surface area contributed by atoms with Gasteiger partial charge in [0.2, 0.25) is 0 Å². The number of anilines is 2. The van der Waals surface area contributed by atoms with E-state index in [2.05, 4.69) is 52.3 Å². The fourth-order valence-electron chi connectivity index (χ4n) is 5.48. The van der Waals surface area contributed by atoms with E-state index in [1.54, 1.807) is 7.11 Å². The Morgan fingerprint density at radius 2 is 1.61 bits per heavy atom. The summed E-state index contributed by atoms with van der Waals surface area (Å²) in [6, 6.07) is 18.8. The van der Waals surface area contributed by atoms with Crippen molar-refractivity contribution in [2.75, 3.05) is 18.6 Å². The van der Waals surface area contributed by atoms with E-state index in [4.69, 9.17) is 14.2 Å². The van der Waals surface area contributed by atoms with Crippen molar-refractivity contribution in [2.24, 2.45) is 5.92 Å². The lowest BCUT2D eigenvalue weighted by atomic mass is 10.1. The highest BCUT2D eigenvalue weighted by molar-refractivity contribution is 5.67. The average Bonchev–Trinajstić information content (AvgIpc) is 3.63. The first-order valence-corrected chi connectivity index (χ1v) is 13.5. The van der Waals surface area contributed by atoms with Crippen LogP contribution in [0.1, 0.15) is 63.4 Å². The van der Waals surface area contributed by atoms with Crippen LogP contribution in [-0.4, -0.2) is 24.8 Å². The lowest BCUT2D eigenvalue weighted by molar-refractivity contribution is 0.201. The molecule has 190 valence electrons. The number of hydrogen-bond acceptors (Lipinski definition) is 5. The van der Waals surface area contributed by atoms with Gasteiger partial charge in [0, 0.05) is 36.4 Å². The molecule has 3 aromatic rings. The van der Waals surface area contributed by atoms with E-state index in [-0.39, 0.29) is 6.10 Å². The van der Waals surface area contributed by atoms with Gasteiger partial charge in [-0.2, -0.15) is 0 Å². The molecule has 0 spiro atoms. The predicted molar refractivity (Wildman–Crippen MR) is 144 cm³/mol. The molecule has 36 heavy (non-hydrogen) atoms. The van der Waals surface area contributed by atoms with E-state index in [1.807, 2.05) is 24.5 Å². The molecule has 2 fully saturated rings.